The van der Waals surface area contributed by atoms with E-state index in [1.807, 2.05) is 46.8 Å². The van der Waals surface area contributed by atoms with Crippen molar-refractivity contribution in [2.24, 2.45) is 5.92 Å². The fourth-order valence-corrected chi connectivity index (χ4v) is 4.81. The van der Waals surface area contributed by atoms with Crippen LogP contribution in [0.25, 0.3) is 0 Å². The van der Waals surface area contributed by atoms with Crippen LogP contribution in [-0.4, -0.2) is 39.6 Å². The van der Waals surface area contributed by atoms with Gasteiger partial charge in [0, 0.05) is 11.5 Å². The number of aliphatic hydroxyl groups excluding tert-OH is 1. The average molecular weight is 489 g/mol. The Morgan fingerprint density at radius 2 is 1.89 bits per heavy atom. The fraction of sp³-hybridized carbons (Fsp3) is 0.571. The van der Waals surface area contributed by atoms with Gasteiger partial charge in [0.05, 0.1) is 24.2 Å². The molecule has 1 aromatic heterocycles. The number of carbonyl (C=O) groups is 1. The van der Waals surface area contributed by atoms with Crippen LogP contribution in [0.15, 0.2) is 44.2 Å². The Morgan fingerprint density at radius 3 is 2.43 bits per heavy atom. The number of hydrogen-bond acceptors (Lipinski definition) is 6. The van der Waals surface area contributed by atoms with Gasteiger partial charge in [-0.15, -0.1) is 0 Å². The lowest BCUT2D eigenvalue weighted by atomic mass is 9.91. The van der Waals surface area contributed by atoms with Crippen molar-refractivity contribution < 1.29 is 29.3 Å². The van der Waals surface area contributed by atoms with Crippen LogP contribution in [-0.2, 0) is 9.53 Å². The molecule has 1 aliphatic heterocycles. The van der Waals surface area contributed by atoms with Gasteiger partial charge >= 0.3 is 11.6 Å². The van der Waals surface area contributed by atoms with Crippen molar-refractivity contribution in [3.63, 3.8) is 0 Å². The zero-order valence-electron chi connectivity index (χ0n) is 22.0. The lowest BCUT2D eigenvalue weighted by Crippen LogP contribution is -2.33. The molecule has 1 aromatic rings. The highest BCUT2D eigenvalue weighted by atomic mass is 16.5. The number of carboxylic acids is 1. The van der Waals surface area contributed by atoms with Crippen LogP contribution in [0.1, 0.15) is 83.1 Å². The Morgan fingerprint density at radius 1 is 1.23 bits per heavy atom. The number of aliphatic carboxylic acids is 1. The molecule has 0 radical (unpaired) electrons. The fourth-order valence-electron chi connectivity index (χ4n) is 4.81. The molecule has 194 valence electrons. The number of ether oxygens (including phenoxy) is 1. The first-order valence-electron chi connectivity index (χ1n) is 12.2. The largest absolute Gasteiger partial charge is 0.507 e. The second kappa shape index (κ2) is 11.9. The van der Waals surface area contributed by atoms with Crippen LogP contribution in [0.3, 0.4) is 0 Å². The quantitative estimate of drug-likeness (QED) is 0.285. The Hall–Kier alpha value is -2.64. The second-order valence-electron chi connectivity index (χ2n) is 10.1. The highest BCUT2D eigenvalue weighted by Gasteiger charge is 2.36. The van der Waals surface area contributed by atoms with E-state index >= 15 is 0 Å². The van der Waals surface area contributed by atoms with Gasteiger partial charge < -0.3 is 24.5 Å². The van der Waals surface area contributed by atoms with Crippen molar-refractivity contribution in [3.8, 4) is 5.75 Å². The maximum Gasteiger partial charge on any atom is 0.342 e. The molecule has 0 saturated carbocycles. The van der Waals surface area contributed by atoms with Crippen molar-refractivity contribution in [1.29, 1.82) is 0 Å². The van der Waals surface area contributed by atoms with Gasteiger partial charge in [-0.05, 0) is 78.9 Å². The number of aliphatic hydroxyl groups is 1. The van der Waals surface area contributed by atoms with Crippen molar-refractivity contribution in [2.75, 3.05) is 6.61 Å². The van der Waals surface area contributed by atoms with Gasteiger partial charge in [-0.3, -0.25) is 4.79 Å². The molecule has 0 amide bonds. The maximum atomic E-state index is 12.0. The van der Waals surface area contributed by atoms with Crippen molar-refractivity contribution in [2.45, 2.75) is 91.8 Å². The minimum atomic E-state index is -0.887. The predicted molar refractivity (Wildman–Crippen MR) is 136 cm³/mol. The van der Waals surface area contributed by atoms with Crippen molar-refractivity contribution >= 4 is 5.97 Å². The van der Waals surface area contributed by atoms with Crippen molar-refractivity contribution in [1.82, 2.24) is 0 Å². The third-order valence-electron chi connectivity index (χ3n) is 6.85. The monoisotopic (exact) mass is 488 g/mol. The van der Waals surface area contributed by atoms with E-state index in [9.17, 15) is 24.9 Å². The Labute approximate surface area is 207 Å². The van der Waals surface area contributed by atoms with E-state index in [1.165, 1.54) is 6.92 Å². The van der Waals surface area contributed by atoms with Crippen LogP contribution < -0.4 is 5.63 Å². The molecule has 0 aromatic carbocycles. The molecule has 1 aliphatic rings. The van der Waals surface area contributed by atoms with E-state index < -0.39 is 23.1 Å². The zero-order chi connectivity index (χ0) is 26.5. The summed E-state index contributed by atoms with van der Waals surface area (Å²) in [4.78, 5) is 23.8. The van der Waals surface area contributed by atoms with E-state index in [0.717, 1.165) is 16.7 Å². The molecule has 0 fully saturated rings. The predicted octanol–water partition coefficient (Wildman–Crippen LogP) is 5.32. The van der Waals surface area contributed by atoms with Crippen LogP contribution in [0.2, 0.25) is 0 Å². The summed E-state index contributed by atoms with van der Waals surface area (Å²) in [5, 5.41) is 29.8. The molecule has 2 rings (SSSR count). The Kier molecular flexibility index (Phi) is 9.69. The number of aromatic hydroxyl groups is 1. The van der Waals surface area contributed by atoms with Crippen molar-refractivity contribution in [3.05, 3.63) is 62.3 Å². The highest BCUT2D eigenvalue weighted by Crippen LogP contribution is 2.34. The molecule has 1 unspecified atom stereocenters. The first-order valence-corrected chi connectivity index (χ1v) is 12.2. The summed E-state index contributed by atoms with van der Waals surface area (Å²) in [6.07, 6.45) is 7.80. The molecule has 0 aliphatic carbocycles. The normalized spacial score (nSPS) is 22.7. The van der Waals surface area contributed by atoms with Gasteiger partial charge in [-0.1, -0.05) is 30.2 Å². The number of carboxylic acid groups (broad SMARTS) is 1. The Bertz CT molecular complexity index is 1080. The minimum Gasteiger partial charge on any atom is -0.507 e. The highest BCUT2D eigenvalue weighted by molar-refractivity contribution is 5.72. The summed E-state index contributed by atoms with van der Waals surface area (Å²) in [5.74, 6) is -1.24. The molecular weight excluding hydrogens is 448 g/mol. The van der Waals surface area contributed by atoms with E-state index in [4.69, 9.17) is 9.15 Å². The summed E-state index contributed by atoms with van der Waals surface area (Å²) in [6.45, 7) is 12.8. The van der Waals surface area contributed by atoms with Gasteiger partial charge in [0.15, 0.2) is 0 Å². The second-order valence-corrected chi connectivity index (χ2v) is 10.1. The topological polar surface area (TPSA) is 117 Å². The summed E-state index contributed by atoms with van der Waals surface area (Å²) in [7, 11) is 0. The third-order valence-corrected chi connectivity index (χ3v) is 6.85. The standard InChI is InChI=1S/C28H40O7/c1-16(12-18(3)25-20(5)24(30)21(6)27(33)34-25)11-17(2)13-23(26(31)32)9-8-10-28(15-29)14-19(4)22(7)35-28/h11,13-14,18,22-23,29-30H,8-10,12,15H2,1-7H3,(H,31,32)/b16-11+,17-13+/t18-,22+,23?,28-/m1/s1. The molecule has 7 nitrogen and oxygen atoms in total. The zero-order valence-corrected chi connectivity index (χ0v) is 22.0. The van der Waals surface area contributed by atoms with Gasteiger partial charge in [-0.25, -0.2) is 4.79 Å². The molecule has 7 heteroatoms. The Balaban J connectivity index is 2.06. The van der Waals surface area contributed by atoms with E-state index in [2.05, 4.69) is 0 Å². The maximum absolute atomic E-state index is 12.0. The van der Waals surface area contributed by atoms with Gasteiger partial charge in [0.25, 0.3) is 0 Å². The number of hydrogen-bond donors (Lipinski definition) is 3. The lowest BCUT2D eigenvalue weighted by molar-refractivity contribution is -0.140. The van der Waals surface area contributed by atoms with E-state index in [1.54, 1.807) is 13.0 Å². The molecule has 0 saturated heterocycles. The minimum absolute atomic E-state index is 0.0313. The molecule has 2 heterocycles. The van der Waals surface area contributed by atoms with Gasteiger partial charge in [0.2, 0.25) is 0 Å². The molecule has 0 bridgehead atoms. The van der Waals surface area contributed by atoms with Crippen LogP contribution in [0.5, 0.6) is 5.75 Å². The third kappa shape index (κ3) is 7.18. The summed E-state index contributed by atoms with van der Waals surface area (Å²) < 4.78 is 11.4. The molecule has 3 N–H and O–H groups in total. The van der Waals surface area contributed by atoms with Gasteiger partial charge in [0.1, 0.15) is 17.1 Å². The smallest absolute Gasteiger partial charge is 0.342 e. The number of rotatable bonds is 11. The first-order chi connectivity index (χ1) is 16.3. The SMILES string of the molecule is CC1=C[C@@](CO)(CCCC(/C=C(C)/C=C(\C)C[C@@H](C)c2oc(=O)c(C)c(O)c2C)C(=O)O)O[C@H]1C. The molecule has 0 spiro atoms. The summed E-state index contributed by atoms with van der Waals surface area (Å²) in [5.41, 5.74) is 2.42. The van der Waals surface area contributed by atoms with Crippen LogP contribution in [0, 0.1) is 19.8 Å². The molecular formula is C28H40O7. The lowest BCUT2D eigenvalue weighted by Gasteiger charge is -2.26. The van der Waals surface area contributed by atoms with E-state index in [-0.39, 0.29) is 29.9 Å². The van der Waals surface area contributed by atoms with Gasteiger partial charge in [-0.2, -0.15) is 0 Å². The van der Waals surface area contributed by atoms with Crippen LogP contribution >= 0.6 is 0 Å². The average Bonchev–Trinajstić information content (AvgIpc) is 3.07. The van der Waals surface area contributed by atoms with E-state index in [0.29, 0.717) is 37.0 Å². The molecule has 35 heavy (non-hydrogen) atoms. The van der Waals surface area contributed by atoms with Crippen LogP contribution in [0.4, 0.5) is 0 Å². The summed E-state index contributed by atoms with van der Waals surface area (Å²) >= 11 is 0. The molecule has 4 atom stereocenters. The number of allylic oxidation sites excluding steroid dienone is 3. The first kappa shape index (κ1) is 28.6. The summed E-state index contributed by atoms with van der Waals surface area (Å²) in [6, 6.07) is 0.